The maximum absolute atomic E-state index is 11.9. The van der Waals surface area contributed by atoms with Gasteiger partial charge in [0.05, 0.1) is 14.2 Å². The van der Waals surface area contributed by atoms with Gasteiger partial charge in [-0.15, -0.1) is 0 Å². The molecule has 0 spiro atoms. The lowest BCUT2D eigenvalue weighted by Crippen LogP contribution is -2.33. The number of carbonyl (C=O) groups is 1. The van der Waals surface area contributed by atoms with Gasteiger partial charge in [0.25, 0.3) is 0 Å². The van der Waals surface area contributed by atoms with Crippen LogP contribution in [-0.2, 0) is 10.2 Å². The van der Waals surface area contributed by atoms with E-state index in [2.05, 4.69) is 0 Å². The summed E-state index contributed by atoms with van der Waals surface area (Å²) in [6, 6.07) is 14.2. The van der Waals surface area contributed by atoms with Crippen LogP contribution in [0, 0.1) is 0 Å². The summed E-state index contributed by atoms with van der Waals surface area (Å²) < 4.78 is 10.2. The molecule has 0 saturated heterocycles. The molecule has 0 unspecified atom stereocenters. The number of carboxylic acids is 1. The van der Waals surface area contributed by atoms with Crippen molar-refractivity contribution in [2.24, 2.45) is 0 Å². The van der Waals surface area contributed by atoms with Crippen molar-refractivity contribution in [2.75, 3.05) is 14.2 Å². The molecule has 0 aliphatic heterocycles. The van der Waals surface area contributed by atoms with E-state index in [0.29, 0.717) is 22.6 Å². The fourth-order valence-corrected chi connectivity index (χ4v) is 2.26. The molecule has 0 fully saturated rings. The summed E-state index contributed by atoms with van der Waals surface area (Å²) in [5.41, 5.74) is 0.264. The molecule has 2 rings (SSSR count). The van der Waals surface area contributed by atoms with Gasteiger partial charge < -0.3 is 14.6 Å². The Morgan fingerprint density at radius 3 is 1.43 bits per heavy atom. The Morgan fingerprint density at radius 2 is 1.19 bits per heavy atom. The average molecular weight is 286 g/mol. The first kappa shape index (κ1) is 14.9. The van der Waals surface area contributed by atoms with Crippen LogP contribution in [0.1, 0.15) is 18.1 Å². The van der Waals surface area contributed by atoms with Crippen LogP contribution in [0.3, 0.4) is 0 Å². The van der Waals surface area contributed by atoms with Crippen molar-refractivity contribution in [3.8, 4) is 11.5 Å². The summed E-state index contributed by atoms with van der Waals surface area (Å²) in [7, 11) is 3.16. The number of methoxy groups -OCH3 is 2. The molecule has 110 valence electrons. The molecule has 0 radical (unpaired) electrons. The van der Waals surface area contributed by atoms with Gasteiger partial charge in [-0.05, 0) is 42.3 Å². The van der Waals surface area contributed by atoms with Crippen LogP contribution >= 0.6 is 0 Å². The fourth-order valence-electron chi connectivity index (χ4n) is 2.26. The number of carboxylic acid groups (broad SMARTS) is 1. The minimum Gasteiger partial charge on any atom is -0.497 e. The number of aliphatic carboxylic acids is 1. The molecule has 0 heterocycles. The minimum absolute atomic E-state index is 0.695. The second kappa shape index (κ2) is 5.87. The molecule has 1 N–H and O–H groups in total. The number of hydrogen-bond acceptors (Lipinski definition) is 3. The van der Waals surface area contributed by atoms with E-state index in [1.807, 2.05) is 0 Å². The minimum atomic E-state index is -1.13. The highest BCUT2D eigenvalue weighted by Crippen LogP contribution is 2.34. The summed E-state index contributed by atoms with van der Waals surface area (Å²) in [5.74, 6) is 0.486. The molecule has 0 aromatic heterocycles. The van der Waals surface area contributed by atoms with E-state index in [0.717, 1.165) is 0 Å². The van der Waals surface area contributed by atoms with E-state index < -0.39 is 11.4 Å². The van der Waals surface area contributed by atoms with E-state index in [-0.39, 0.29) is 0 Å². The highest BCUT2D eigenvalue weighted by molar-refractivity contribution is 5.85. The summed E-state index contributed by atoms with van der Waals surface area (Å²) in [6.07, 6.45) is 0. The van der Waals surface area contributed by atoms with Gasteiger partial charge in [0, 0.05) is 0 Å². The van der Waals surface area contributed by atoms with Gasteiger partial charge in [-0.2, -0.15) is 0 Å². The second-order valence-corrected chi connectivity index (χ2v) is 4.89. The van der Waals surface area contributed by atoms with Crippen molar-refractivity contribution >= 4 is 5.97 Å². The van der Waals surface area contributed by atoms with Crippen LogP contribution in [0.4, 0.5) is 0 Å². The van der Waals surface area contributed by atoms with Crippen LogP contribution in [0.2, 0.25) is 0 Å². The van der Waals surface area contributed by atoms with Crippen molar-refractivity contribution in [2.45, 2.75) is 12.3 Å². The third kappa shape index (κ3) is 2.70. The lowest BCUT2D eigenvalue weighted by Gasteiger charge is -2.26. The highest BCUT2D eigenvalue weighted by Gasteiger charge is 2.37. The standard InChI is InChI=1S/C17H18O4/c1-17(16(18)19,12-4-8-14(20-2)9-5-12)13-6-10-15(21-3)11-7-13/h4-11H,1-3H3,(H,18,19). The molecule has 0 aliphatic carbocycles. The van der Waals surface area contributed by atoms with Gasteiger partial charge >= 0.3 is 5.97 Å². The normalized spacial score (nSPS) is 11.0. The Morgan fingerprint density at radius 1 is 0.857 bits per heavy atom. The third-order valence-corrected chi connectivity index (χ3v) is 3.76. The third-order valence-electron chi connectivity index (χ3n) is 3.76. The fraction of sp³-hybridized carbons (Fsp3) is 0.235. The van der Waals surface area contributed by atoms with Crippen molar-refractivity contribution < 1.29 is 19.4 Å². The topological polar surface area (TPSA) is 55.8 Å². The molecule has 0 bridgehead atoms. The van der Waals surface area contributed by atoms with E-state index in [1.165, 1.54) is 0 Å². The van der Waals surface area contributed by atoms with Crippen molar-refractivity contribution in [3.05, 3.63) is 59.7 Å². The summed E-state index contributed by atoms with van der Waals surface area (Å²) in [4.78, 5) is 11.9. The average Bonchev–Trinajstić information content (AvgIpc) is 2.54. The predicted octanol–water partition coefficient (Wildman–Crippen LogP) is 3.09. The molecule has 0 aliphatic rings. The zero-order valence-electron chi connectivity index (χ0n) is 12.3. The summed E-state index contributed by atoms with van der Waals surface area (Å²) in [6.45, 7) is 1.69. The number of ether oxygens (including phenoxy) is 2. The molecule has 0 saturated carbocycles. The van der Waals surface area contributed by atoms with E-state index >= 15 is 0 Å². The van der Waals surface area contributed by atoms with Gasteiger partial charge in [-0.1, -0.05) is 24.3 Å². The highest BCUT2D eigenvalue weighted by atomic mass is 16.5. The second-order valence-electron chi connectivity index (χ2n) is 4.89. The number of benzene rings is 2. The van der Waals surface area contributed by atoms with E-state index in [4.69, 9.17) is 9.47 Å². The molecule has 4 heteroatoms. The van der Waals surface area contributed by atoms with Crippen LogP contribution in [0.5, 0.6) is 11.5 Å². The van der Waals surface area contributed by atoms with Crippen LogP contribution < -0.4 is 9.47 Å². The zero-order valence-corrected chi connectivity index (χ0v) is 12.3. The Hall–Kier alpha value is -2.49. The monoisotopic (exact) mass is 286 g/mol. The summed E-state index contributed by atoms with van der Waals surface area (Å²) >= 11 is 0. The largest absolute Gasteiger partial charge is 0.497 e. The molecule has 2 aromatic carbocycles. The first-order chi connectivity index (χ1) is 10.0. The lowest BCUT2D eigenvalue weighted by molar-refractivity contribution is -0.141. The van der Waals surface area contributed by atoms with Crippen molar-refractivity contribution in [1.29, 1.82) is 0 Å². The van der Waals surface area contributed by atoms with Crippen LogP contribution in [-0.4, -0.2) is 25.3 Å². The van der Waals surface area contributed by atoms with E-state index in [1.54, 1.807) is 69.7 Å². The van der Waals surface area contributed by atoms with Crippen molar-refractivity contribution in [1.82, 2.24) is 0 Å². The molecule has 4 nitrogen and oxygen atoms in total. The Bertz CT molecular complexity index is 567. The number of rotatable bonds is 5. The van der Waals surface area contributed by atoms with Crippen LogP contribution in [0.25, 0.3) is 0 Å². The SMILES string of the molecule is COc1ccc(C(C)(C(=O)O)c2ccc(OC)cc2)cc1. The van der Waals surface area contributed by atoms with Gasteiger partial charge in [0.1, 0.15) is 16.9 Å². The lowest BCUT2D eigenvalue weighted by atomic mass is 9.76. The van der Waals surface area contributed by atoms with Gasteiger partial charge in [-0.25, -0.2) is 0 Å². The molecular weight excluding hydrogens is 268 g/mol. The van der Waals surface area contributed by atoms with E-state index in [9.17, 15) is 9.90 Å². The van der Waals surface area contributed by atoms with Gasteiger partial charge in [-0.3, -0.25) is 4.79 Å². The maximum atomic E-state index is 11.9. The summed E-state index contributed by atoms with van der Waals surface area (Å²) in [5, 5.41) is 9.73. The molecule has 0 atom stereocenters. The predicted molar refractivity (Wildman–Crippen MR) is 80.1 cm³/mol. The molecule has 0 amide bonds. The van der Waals surface area contributed by atoms with Crippen LogP contribution in [0.15, 0.2) is 48.5 Å². The smallest absolute Gasteiger partial charge is 0.318 e. The quantitative estimate of drug-likeness (QED) is 0.917. The van der Waals surface area contributed by atoms with Gasteiger partial charge in [0.2, 0.25) is 0 Å². The molecule has 2 aromatic rings. The Labute approximate surface area is 123 Å². The number of hydrogen-bond donors (Lipinski definition) is 1. The first-order valence-corrected chi connectivity index (χ1v) is 6.55. The molecular formula is C17H18O4. The Kier molecular flexibility index (Phi) is 4.17. The Balaban J connectivity index is 2.50. The molecule has 21 heavy (non-hydrogen) atoms. The maximum Gasteiger partial charge on any atom is 0.318 e. The van der Waals surface area contributed by atoms with Gasteiger partial charge in [0.15, 0.2) is 0 Å². The van der Waals surface area contributed by atoms with Crippen molar-refractivity contribution in [3.63, 3.8) is 0 Å². The first-order valence-electron chi connectivity index (χ1n) is 6.55. The zero-order chi connectivity index (χ0) is 15.5.